The number of rotatable bonds is 3. The van der Waals surface area contributed by atoms with Crippen LogP contribution in [0, 0.1) is 6.92 Å². The Labute approximate surface area is 115 Å². The molecule has 0 fully saturated rings. The number of nitrogens with zero attached hydrogens (tertiary/aromatic N) is 3. The predicted octanol–water partition coefficient (Wildman–Crippen LogP) is 3.14. The lowest BCUT2D eigenvalue weighted by atomic mass is 10.1. The minimum absolute atomic E-state index is 0.278. The van der Waals surface area contributed by atoms with Crippen LogP contribution in [0.1, 0.15) is 24.7 Å². The molecule has 94 valence electrons. The molecule has 18 heavy (non-hydrogen) atoms. The van der Waals surface area contributed by atoms with Gasteiger partial charge in [-0.1, -0.05) is 35.0 Å². The lowest BCUT2D eigenvalue weighted by molar-refractivity contribution is 0.825. The van der Waals surface area contributed by atoms with E-state index in [4.69, 9.17) is 5.73 Å². The summed E-state index contributed by atoms with van der Waals surface area (Å²) in [5, 5.41) is 0. The summed E-state index contributed by atoms with van der Waals surface area (Å²) in [5.41, 5.74) is 7.84. The van der Waals surface area contributed by atoms with Gasteiger partial charge in [-0.05, 0) is 25.0 Å². The van der Waals surface area contributed by atoms with Crippen LogP contribution in [0.3, 0.4) is 0 Å². The van der Waals surface area contributed by atoms with Crippen LogP contribution in [0.5, 0.6) is 0 Å². The second kappa shape index (κ2) is 5.44. The quantitative estimate of drug-likeness (QED) is 0.946. The third kappa shape index (κ3) is 2.85. The maximum absolute atomic E-state index is 5.72. The van der Waals surface area contributed by atoms with Crippen molar-refractivity contribution in [2.75, 3.05) is 5.73 Å². The fourth-order valence-electron chi connectivity index (χ4n) is 1.63. The monoisotopic (exact) mass is 306 g/mol. The van der Waals surface area contributed by atoms with Crippen molar-refractivity contribution in [3.63, 3.8) is 0 Å². The molecule has 0 aliphatic rings. The third-order valence-electron chi connectivity index (χ3n) is 2.60. The number of halogens is 1. The van der Waals surface area contributed by atoms with Crippen molar-refractivity contribution < 1.29 is 0 Å². The number of hydrogen-bond donors (Lipinski definition) is 1. The van der Waals surface area contributed by atoms with E-state index in [1.807, 2.05) is 25.1 Å². The highest BCUT2D eigenvalue weighted by Crippen LogP contribution is 2.23. The molecule has 0 bridgehead atoms. The Kier molecular flexibility index (Phi) is 3.91. The van der Waals surface area contributed by atoms with Crippen LogP contribution in [0.2, 0.25) is 0 Å². The Morgan fingerprint density at radius 2 is 2.00 bits per heavy atom. The number of nitrogens with two attached hydrogens (primary N) is 1. The summed E-state index contributed by atoms with van der Waals surface area (Å²) in [4.78, 5) is 12.8. The predicted molar refractivity (Wildman–Crippen MR) is 76.1 cm³/mol. The molecule has 1 heterocycles. The zero-order valence-corrected chi connectivity index (χ0v) is 12.0. The molecule has 0 saturated carbocycles. The molecule has 2 rings (SSSR count). The molecule has 4 nitrogen and oxygen atoms in total. The highest BCUT2D eigenvalue weighted by Gasteiger charge is 2.07. The fraction of sp³-hybridized carbons (Fsp3) is 0.308. The summed E-state index contributed by atoms with van der Waals surface area (Å²) < 4.78 is 1.04. The Balaban J connectivity index is 2.46. The Morgan fingerprint density at radius 1 is 1.22 bits per heavy atom. The van der Waals surface area contributed by atoms with E-state index in [-0.39, 0.29) is 5.95 Å². The molecule has 0 atom stereocenters. The standard InChI is InChI=1S/C13H15BrN4/c1-3-4-11-16-12(18-13(15)17-11)9-6-5-8(2)10(14)7-9/h5-7H,3-4H2,1-2H3,(H2,15,16,17,18). The zero-order valence-electron chi connectivity index (χ0n) is 10.4. The summed E-state index contributed by atoms with van der Waals surface area (Å²) in [5.74, 6) is 1.66. The van der Waals surface area contributed by atoms with Gasteiger partial charge in [0.1, 0.15) is 5.82 Å². The molecule has 0 aliphatic carbocycles. The van der Waals surface area contributed by atoms with Gasteiger partial charge in [-0.25, -0.2) is 4.98 Å². The molecule has 2 N–H and O–H groups in total. The maximum atomic E-state index is 5.72. The first-order valence-corrected chi connectivity index (χ1v) is 6.66. The number of hydrogen-bond acceptors (Lipinski definition) is 4. The van der Waals surface area contributed by atoms with Crippen molar-refractivity contribution >= 4 is 21.9 Å². The SMILES string of the molecule is CCCc1nc(N)nc(-c2ccc(C)c(Br)c2)n1. The van der Waals surface area contributed by atoms with E-state index in [1.54, 1.807) is 0 Å². The van der Waals surface area contributed by atoms with Crippen molar-refractivity contribution in [3.05, 3.63) is 34.1 Å². The summed E-state index contributed by atoms with van der Waals surface area (Å²) in [7, 11) is 0. The molecule has 0 spiro atoms. The molecule has 1 aromatic heterocycles. The first-order chi connectivity index (χ1) is 8.60. The lowest BCUT2D eigenvalue weighted by Crippen LogP contribution is -2.04. The summed E-state index contributed by atoms with van der Waals surface area (Å²) in [6, 6.07) is 6.02. The molecule has 1 aromatic carbocycles. The van der Waals surface area contributed by atoms with Crippen molar-refractivity contribution in [1.29, 1.82) is 0 Å². The highest BCUT2D eigenvalue weighted by atomic mass is 79.9. The lowest BCUT2D eigenvalue weighted by Gasteiger charge is -2.06. The van der Waals surface area contributed by atoms with Crippen LogP contribution in [-0.2, 0) is 6.42 Å². The fourth-order valence-corrected chi connectivity index (χ4v) is 2.01. The summed E-state index contributed by atoms with van der Waals surface area (Å²) in [6.45, 7) is 4.13. The molecule has 5 heteroatoms. The largest absolute Gasteiger partial charge is 0.368 e. The van der Waals surface area contributed by atoms with E-state index < -0.39 is 0 Å². The van der Waals surface area contributed by atoms with Crippen LogP contribution >= 0.6 is 15.9 Å². The first-order valence-electron chi connectivity index (χ1n) is 5.87. The third-order valence-corrected chi connectivity index (χ3v) is 3.46. The Bertz CT molecular complexity index is 569. The van der Waals surface area contributed by atoms with Crippen molar-refractivity contribution in [3.8, 4) is 11.4 Å². The van der Waals surface area contributed by atoms with Gasteiger partial charge in [-0.3, -0.25) is 0 Å². The van der Waals surface area contributed by atoms with Gasteiger partial charge in [0.05, 0.1) is 0 Å². The van der Waals surface area contributed by atoms with Gasteiger partial charge in [0.2, 0.25) is 5.95 Å². The zero-order chi connectivity index (χ0) is 13.1. The first kappa shape index (κ1) is 13.0. The average Bonchev–Trinajstić information content (AvgIpc) is 2.32. The summed E-state index contributed by atoms with van der Waals surface area (Å²) >= 11 is 3.51. The van der Waals surface area contributed by atoms with Crippen LogP contribution < -0.4 is 5.73 Å². The van der Waals surface area contributed by atoms with Gasteiger partial charge < -0.3 is 5.73 Å². The average molecular weight is 307 g/mol. The second-order valence-corrected chi connectivity index (χ2v) is 5.00. The molecule has 2 aromatic rings. The number of anilines is 1. The van der Waals surface area contributed by atoms with Gasteiger partial charge in [-0.2, -0.15) is 9.97 Å². The molecule has 0 saturated heterocycles. The van der Waals surface area contributed by atoms with Crippen LogP contribution in [0.15, 0.2) is 22.7 Å². The van der Waals surface area contributed by atoms with E-state index in [1.165, 1.54) is 5.56 Å². The van der Waals surface area contributed by atoms with E-state index >= 15 is 0 Å². The van der Waals surface area contributed by atoms with E-state index in [0.29, 0.717) is 5.82 Å². The molecule has 0 amide bonds. The Hall–Kier alpha value is -1.49. The topological polar surface area (TPSA) is 64.7 Å². The van der Waals surface area contributed by atoms with Crippen LogP contribution in [0.4, 0.5) is 5.95 Å². The van der Waals surface area contributed by atoms with Gasteiger partial charge in [-0.15, -0.1) is 0 Å². The molecular formula is C13H15BrN4. The smallest absolute Gasteiger partial charge is 0.223 e. The number of benzene rings is 1. The molecule has 0 aliphatic heterocycles. The van der Waals surface area contributed by atoms with Crippen molar-refractivity contribution in [1.82, 2.24) is 15.0 Å². The normalized spacial score (nSPS) is 10.6. The Morgan fingerprint density at radius 3 is 2.67 bits per heavy atom. The van der Waals surface area contributed by atoms with Crippen LogP contribution in [-0.4, -0.2) is 15.0 Å². The number of aryl methyl sites for hydroxylation is 2. The molecule has 0 unspecified atom stereocenters. The van der Waals surface area contributed by atoms with E-state index in [9.17, 15) is 0 Å². The van der Waals surface area contributed by atoms with E-state index in [2.05, 4.69) is 37.8 Å². The van der Waals surface area contributed by atoms with Crippen LogP contribution in [0.25, 0.3) is 11.4 Å². The van der Waals surface area contributed by atoms with Gasteiger partial charge in [0, 0.05) is 16.5 Å². The second-order valence-electron chi connectivity index (χ2n) is 4.15. The van der Waals surface area contributed by atoms with Crippen molar-refractivity contribution in [2.45, 2.75) is 26.7 Å². The highest BCUT2D eigenvalue weighted by molar-refractivity contribution is 9.10. The van der Waals surface area contributed by atoms with Crippen molar-refractivity contribution in [2.24, 2.45) is 0 Å². The number of nitrogen functional groups attached to an aromatic ring is 1. The van der Waals surface area contributed by atoms with E-state index in [0.717, 1.165) is 28.7 Å². The molecule has 0 radical (unpaired) electrons. The van der Waals surface area contributed by atoms with Gasteiger partial charge in [0.15, 0.2) is 5.82 Å². The molecular weight excluding hydrogens is 292 g/mol. The minimum Gasteiger partial charge on any atom is -0.368 e. The maximum Gasteiger partial charge on any atom is 0.223 e. The minimum atomic E-state index is 0.278. The number of aromatic nitrogens is 3. The summed E-state index contributed by atoms with van der Waals surface area (Å²) in [6.07, 6.45) is 1.80. The van der Waals surface area contributed by atoms with Gasteiger partial charge >= 0.3 is 0 Å². The van der Waals surface area contributed by atoms with Gasteiger partial charge in [0.25, 0.3) is 0 Å².